The zero-order valence-electron chi connectivity index (χ0n) is 20.2. The van der Waals surface area contributed by atoms with Gasteiger partial charge in [0.2, 0.25) is 14.8 Å². The molecule has 186 valence electrons. The summed E-state index contributed by atoms with van der Waals surface area (Å²) in [6.07, 6.45) is 6.58. The number of nitrogens with zero attached hydrogens (tertiary/aromatic N) is 5. The molecule has 1 aromatic heterocycles. The summed E-state index contributed by atoms with van der Waals surface area (Å²) >= 11 is 5.94. The number of aromatic nitrogens is 3. The average Bonchev–Trinajstić information content (AvgIpc) is 3.54. The molecule has 2 aliphatic rings. The van der Waals surface area contributed by atoms with Crippen molar-refractivity contribution in [1.29, 1.82) is 0 Å². The van der Waals surface area contributed by atoms with Gasteiger partial charge in [-0.3, -0.25) is 9.47 Å². The lowest BCUT2D eigenvalue weighted by Crippen LogP contribution is -2.40. The van der Waals surface area contributed by atoms with Crippen LogP contribution in [0.2, 0.25) is 0 Å². The van der Waals surface area contributed by atoms with Crippen LogP contribution in [0.3, 0.4) is 0 Å². The SMILES string of the molecule is CC[C@@H]1CCCCN1Cn1nc(-c2cccc(S(=O)(=O)N3CCCC3)c2)n(-c2ccccc2)c1=S. The molecule has 7 nitrogen and oxygen atoms in total. The van der Waals surface area contributed by atoms with Gasteiger partial charge in [0.15, 0.2) is 5.82 Å². The van der Waals surface area contributed by atoms with E-state index in [-0.39, 0.29) is 0 Å². The first-order chi connectivity index (χ1) is 17.0. The number of hydrogen-bond acceptors (Lipinski definition) is 5. The molecule has 35 heavy (non-hydrogen) atoms. The molecular formula is C26H33N5O2S2. The Morgan fingerprint density at radius 2 is 1.71 bits per heavy atom. The summed E-state index contributed by atoms with van der Waals surface area (Å²) in [6.45, 7) is 5.07. The van der Waals surface area contributed by atoms with Crippen LogP contribution in [0.1, 0.15) is 45.4 Å². The van der Waals surface area contributed by atoms with Crippen molar-refractivity contribution in [2.75, 3.05) is 19.6 Å². The fraction of sp³-hybridized carbons (Fsp3) is 0.462. The number of rotatable bonds is 7. The maximum absolute atomic E-state index is 13.2. The summed E-state index contributed by atoms with van der Waals surface area (Å²) in [7, 11) is -3.53. The topological polar surface area (TPSA) is 63.4 Å². The van der Waals surface area contributed by atoms with Crippen LogP contribution in [0.4, 0.5) is 0 Å². The van der Waals surface area contributed by atoms with Crippen molar-refractivity contribution < 1.29 is 8.42 Å². The van der Waals surface area contributed by atoms with E-state index in [0.29, 0.717) is 41.3 Å². The normalized spacial score (nSPS) is 19.9. The molecule has 0 N–H and O–H groups in total. The second kappa shape index (κ2) is 10.3. The molecule has 0 bridgehead atoms. The Hall–Kier alpha value is -2.33. The van der Waals surface area contributed by atoms with Gasteiger partial charge in [-0.15, -0.1) is 5.10 Å². The third-order valence-corrected chi connectivity index (χ3v) is 9.47. The Bertz CT molecular complexity index is 1330. The largest absolute Gasteiger partial charge is 0.281 e. The molecule has 0 radical (unpaired) electrons. The van der Waals surface area contributed by atoms with Gasteiger partial charge in [0.25, 0.3) is 0 Å². The van der Waals surface area contributed by atoms with Crippen molar-refractivity contribution in [3.05, 3.63) is 59.4 Å². The Morgan fingerprint density at radius 3 is 2.46 bits per heavy atom. The first-order valence-electron chi connectivity index (χ1n) is 12.6. The van der Waals surface area contributed by atoms with Crippen LogP contribution in [0.15, 0.2) is 59.5 Å². The van der Waals surface area contributed by atoms with Crippen molar-refractivity contribution in [1.82, 2.24) is 23.6 Å². The van der Waals surface area contributed by atoms with Gasteiger partial charge in [-0.25, -0.2) is 13.1 Å². The predicted octanol–water partition coefficient (Wildman–Crippen LogP) is 5.08. The second-order valence-corrected chi connectivity index (χ2v) is 11.7. The molecule has 2 aromatic carbocycles. The van der Waals surface area contributed by atoms with E-state index in [9.17, 15) is 8.42 Å². The van der Waals surface area contributed by atoms with E-state index in [0.717, 1.165) is 37.1 Å². The summed E-state index contributed by atoms with van der Waals surface area (Å²) in [4.78, 5) is 2.78. The highest BCUT2D eigenvalue weighted by Gasteiger charge is 2.28. The number of hydrogen-bond donors (Lipinski definition) is 0. The predicted molar refractivity (Wildman–Crippen MR) is 140 cm³/mol. The molecule has 0 saturated carbocycles. The van der Waals surface area contributed by atoms with Crippen LogP contribution in [0.25, 0.3) is 17.1 Å². The number of likely N-dealkylation sites (tertiary alicyclic amines) is 1. The zero-order valence-corrected chi connectivity index (χ0v) is 21.8. The average molecular weight is 512 g/mol. The van der Waals surface area contributed by atoms with E-state index >= 15 is 0 Å². The lowest BCUT2D eigenvalue weighted by Gasteiger charge is -2.34. The maximum atomic E-state index is 13.2. The van der Waals surface area contributed by atoms with Gasteiger partial charge >= 0.3 is 0 Å². The van der Waals surface area contributed by atoms with Gasteiger partial charge in [-0.05, 0) is 68.6 Å². The van der Waals surface area contributed by atoms with Gasteiger partial charge in [0, 0.05) is 36.9 Å². The van der Waals surface area contributed by atoms with Crippen LogP contribution >= 0.6 is 12.2 Å². The number of sulfonamides is 1. The molecule has 0 amide bonds. The van der Waals surface area contributed by atoms with Crippen LogP contribution in [0.5, 0.6) is 0 Å². The fourth-order valence-electron chi connectivity index (χ4n) is 5.25. The molecule has 0 unspecified atom stereocenters. The summed E-state index contributed by atoms with van der Waals surface area (Å²) < 4.78 is 32.5. The standard InChI is InChI=1S/C26H33N5O2S2/c1-2-22-12-6-7-16-28(22)20-30-26(34)31(23-13-4-3-5-14-23)25(27-30)21-11-10-15-24(19-21)35(32,33)29-17-8-9-18-29/h3-5,10-11,13-15,19,22H,2,6-9,12,16-18,20H2,1H3/t22-/m1/s1. The van der Waals surface area contributed by atoms with E-state index in [1.165, 1.54) is 19.3 Å². The van der Waals surface area contributed by atoms with Crippen LogP contribution in [-0.4, -0.2) is 57.6 Å². The highest BCUT2D eigenvalue weighted by molar-refractivity contribution is 7.89. The molecular weight excluding hydrogens is 478 g/mol. The first-order valence-corrected chi connectivity index (χ1v) is 14.4. The number of benzene rings is 2. The second-order valence-electron chi connectivity index (χ2n) is 9.43. The fourth-order valence-corrected chi connectivity index (χ4v) is 7.10. The van der Waals surface area contributed by atoms with Gasteiger partial charge < -0.3 is 0 Å². The minimum absolute atomic E-state index is 0.305. The van der Waals surface area contributed by atoms with Crippen molar-refractivity contribution >= 4 is 22.2 Å². The van der Waals surface area contributed by atoms with Crippen molar-refractivity contribution in [3.63, 3.8) is 0 Å². The van der Waals surface area contributed by atoms with E-state index in [1.54, 1.807) is 22.5 Å². The smallest absolute Gasteiger partial charge is 0.243 e. The molecule has 3 heterocycles. The lowest BCUT2D eigenvalue weighted by molar-refractivity contribution is 0.100. The third kappa shape index (κ3) is 4.87. The third-order valence-electron chi connectivity index (χ3n) is 7.18. The lowest BCUT2D eigenvalue weighted by atomic mass is 10.0. The van der Waals surface area contributed by atoms with Crippen LogP contribution in [0, 0.1) is 4.77 Å². The van der Waals surface area contributed by atoms with E-state index in [4.69, 9.17) is 17.3 Å². The molecule has 2 saturated heterocycles. The molecule has 9 heteroatoms. The Morgan fingerprint density at radius 1 is 0.971 bits per heavy atom. The molecule has 2 fully saturated rings. The first kappa shape index (κ1) is 24.4. The minimum Gasteiger partial charge on any atom is -0.281 e. The zero-order chi connectivity index (χ0) is 24.4. The van der Waals surface area contributed by atoms with Crippen molar-refractivity contribution in [2.24, 2.45) is 0 Å². The summed E-state index contributed by atoms with van der Waals surface area (Å²) in [5, 5.41) is 4.97. The summed E-state index contributed by atoms with van der Waals surface area (Å²) in [5.74, 6) is 0.657. The van der Waals surface area contributed by atoms with Gasteiger partial charge in [0.1, 0.15) is 0 Å². The molecule has 2 aliphatic heterocycles. The summed E-state index contributed by atoms with van der Waals surface area (Å²) in [5.41, 5.74) is 1.65. The molecule has 5 rings (SSSR count). The van der Waals surface area contributed by atoms with Gasteiger partial charge in [0.05, 0.1) is 11.6 Å². The Labute approximate surface area is 213 Å². The van der Waals surface area contributed by atoms with Gasteiger partial charge in [-0.1, -0.05) is 43.7 Å². The highest BCUT2D eigenvalue weighted by atomic mass is 32.2. The monoisotopic (exact) mass is 511 g/mol. The summed E-state index contributed by atoms with van der Waals surface area (Å²) in [6, 6.07) is 17.6. The van der Waals surface area contributed by atoms with E-state index in [2.05, 4.69) is 11.8 Å². The van der Waals surface area contributed by atoms with Gasteiger partial charge in [-0.2, -0.15) is 4.31 Å². The van der Waals surface area contributed by atoms with Crippen molar-refractivity contribution in [2.45, 2.75) is 63.1 Å². The molecule has 3 aromatic rings. The molecule has 1 atom stereocenters. The number of piperidine rings is 1. The maximum Gasteiger partial charge on any atom is 0.243 e. The number of para-hydroxylation sites is 1. The van der Waals surface area contributed by atoms with Crippen LogP contribution in [-0.2, 0) is 16.7 Å². The Kier molecular flexibility index (Phi) is 7.20. The van der Waals surface area contributed by atoms with Crippen molar-refractivity contribution in [3.8, 4) is 17.1 Å². The quantitative estimate of drug-likeness (QED) is 0.414. The molecule has 0 aliphatic carbocycles. The van der Waals surface area contributed by atoms with Crippen LogP contribution < -0.4 is 0 Å². The van der Waals surface area contributed by atoms with E-state index < -0.39 is 10.0 Å². The highest BCUT2D eigenvalue weighted by Crippen LogP contribution is 2.28. The molecule has 0 spiro atoms. The minimum atomic E-state index is -3.53. The Balaban J connectivity index is 1.58. The van der Waals surface area contributed by atoms with E-state index in [1.807, 2.05) is 45.6 Å².